The predicted molar refractivity (Wildman–Crippen MR) is 82.5 cm³/mol. The second kappa shape index (κ2) is 6.99. The van der Waals surface area contributed by atoms with Crippen molar-refractivity contribution in [3.63, 3.8) is 0 Å². The third-order valence-electron chi connectivity index (χ3n) is 3.55. The lowest BCUT2D eigenvalue weighted by molar-refractivity contribution is -0.127. The van der Waals surface area contributed by atoms with Gasteiger partial charge in [-0.05, 0) is 30.5 Å². The van der Waals surface area contributed by atoms with Gasteiger partial charge in [-0.1, -0.05) is 47.3 Å². The lowest BCUT2D eigenvalue weighted by atomic mass is 9.82. The minimum absolute atomic E-state index is 0.130. The van der Waals surface area contributed by atoms with Crippen LogP contribution in [0.25, 0.3) is 0 Å². The summed E-state index contributed by atoms with van der Waals surface area (Å²) < 4.78 is 0.998. The number of rotatable bonds is 4. The van der Waals surface area contributed by atoms with Crippen molar-refractivity contribution in [2.24, 2.45) is 5.10 Å². The van der Waals surface area contributed by atoms with Crippen LogP contribution in [0, 0.1) is 0 Å². The van der Waals surface area contributed by atoms with E-state index in [-0.39, 0.29) is 12.3 Å². The Balaban J connectivity index is 1.81. The summed E-state index contributed by atoms with van der Waals surface area (Å²) >= 11 is 3.36. The average molecular weight is 339 g/mol. The SMILES string of the molecule is O=C(CC1(O)CCCCC1)NN=Cc1ccc(Br)cc1. The molecule has 1 aliphatic rings. The molecule has 4 nitrogen and oxygen atoms in total. The topological polar surface area (TPSA) is 61.7 Å². The smallest absolute Gasteiger partial charge is 0.242 e. The number of aliphatic hydroxyl groups is 1. The molecule has 0 unspecified atom stereocenters. The number of carbonyl (C=O) groups is 1. The van der Waals surface area contributed by atoms with Gasteiger partial charge in [0.05, 0.1) is 18.2 Å². The summed E-state index contributed by atoms with van der Waals surface area (Å²) in [5.74, 6) is -0.234. The number of amides is 1. The summed E-state index contributed by atoms with van der Waals surface area (Å²) in [7, 11) is 0. The summed E-state index contributed by atoms with van der Waals surface area (Å²) in [6.45, 7) is 0. The molecule has 1 amide bonds. The fourth-order valence-corrected chi connectivity index (χ4v) is 2.72. The molecule has 108 valence electrons. The van der Waals surface area contributed by atoms with Gasteiger partial charge in [-0.15, -0.1) is 0 Å². The Morgan fingerprint density at radius 2 is 1.95 bits per heavy atom. The van der Waals surface area contributed by atoms with E-state index in [2.05, 4.69) is 26.5 Å². The number of nitrogens with zero attached hydrogens (tertiary/aromatic N) is 1. The van der Waals surface area contributed by atoms with Crippen LogP contribution in [0.2, 0.25) is 0 Å². The van der Waals surface area contributed by atoms with E-state index in [1.54, 1.807) is 6.21 Å². The van der Waals surface area contributed by atoms with Gasteiger partial charge in [0.1, 0.15) is 0 Å². The standard InChI is InChI=1S/C15H19BrN2O2/c16-13-6-4-12(5-7-13)11-17-18-14(19)10-15(20)8-2-1-3-9-15/h4-7,11,20H,1-3,8-10H2,(H,18,19). The molecule has 0 aliphatic heterocycles. The molecule has 1 saturated carbocycles. The number of hydrazone groups is 1. The lowest BCUT2D eigenvalue weighted by Gasteiger charge is -2.31. The molecule has 0 bridgehead atoms. The summed E-state index contributed by atoms with van der Waals surface area (Å²) in [5, 5.41) is 14.2. The molecule has 0 radical (unpaired) electrons. The van der Waals surface area contributed by atoms with Crippen LogP contribution in [-0.4, -0.2) is 22.8 Å². The van der Waals surface area contributed by atoms with Crippen LogP contribution in [-0.2, 0) is 4.79 Å². The first-order chi connectivity index (χ1) is 9.57. The van der Waals surface area contributed by atoms with Gasteiger partial charge in [-0.25, -0.2) is 5.43 Å². The lowest BCUT2D eigenvalue weighted by Crippen LogP contribution is -2.37. The van der Waals surface area contributed by atoms with Crippen LogP contribution < -0.4 is 5.43 Å². The average Bonchev–Trinajstić information content (AvgIpc) is 2.41. The highest BCUT2D eigenvalue weighted by Crippen LogP contribution is 2.30. The minimum Gasteiger partial charge on any atom is -0.389 e. The van der Waals surface area contributed by atoms with E-state index in [4.69, 9.17) is 0 Å². The monoisotopic (exact) mass is 338 g/mol. The number of hydrogen-bond acceptors (Lipinski definition) is 3. The van der Waals surface area contributed by atoms with E-state index in [1.807, 2.05) is 24.3 Å². The summed E-state index contributed by atoms with van der Waals surface area (Å²) in [5.41, 5.74) is 2.55. The molecule has 1 fully saturated rings. The first-order valence-electron chi connectivity index (χ1n) is 6.87. The highest BCUT2D eigenvalue weighted by atomic mass is 79.9. The summed E-state index contributed by atoms with van der Waals surface area (Å²) in [6, 6.07) is 7.62. The van der Waals surface area contributed by atoms with Crippen LogP contribution in [0.5, 0.6) is 0 Å². The molecule has 1 aromatic rings. The largest absolute Gasteiger partial charge is 0.389 e. The van der Waals surface area contributed by atoms with E-state index < -0.39 is 5.60 Å². The zero-order valence-electron chi connectivity index (χ0n) is 11.3. The van der Waals surface area contributed by atoms with E-state index in [1.165, 1.54) is 0 Å². The van der Waals surface area contributed by atoms with E-state index in [0.717, 1.165) is 29.3 Å². The van der Waals surface area contributed by atoms with Gasteiger partial charge < -0.3 is 5.11 Å². The van der Waals surface area contributed by atoms with Crippen molar-refractivity contribution in [2.75, 3.05) is 0 Å². The maximum Gasteiger partial charge on any atom is 0.242 e. The molecule has 0 atom stereocenters. The van der Waals surface area contributed by atoms with Gasteiger partial charge in [-0.2, -0.15) is 5.10 Å². The van der Waals surface area contributed by atoms with Gasteiger partial charge in [0, 0.05) is 4.47 Å². The maximum atomic E-state index is 11.8. The summed E-state index contributed by atoms with van der Waals surface area (Å²) in [4.78, 5) is 11.8. The molecule has 1 aliphatic carbocycles. The van der Waals surface area contributed by atoms with Crippen molar-refractivity contribution in [3.05, 3.63) is 34.3 Å². The van der Waals surface area contributed by atoms with E-state index in [0.29, 0.717) is 12.8 Å². The molecule has 1 aromatic carbocycles. The van der Waals surface area contributed by atoms with Crippen LogP contribution in [0.1, 0.15) is 44.1 Å². The molecule has 2 rings (SSSR count). The molecule has 0 saturated heterocycles. The molecular formula is C15H19BrN2O2. The molecule has 20 heavy (non-hydrogen) atoms. The van der Waals surface area contributed by atoms with Gasteiger partial charge in [0.15, 0.2) is 0 Å². The van der Waals surface area contributed by atoms with Crippen molar-refractivity contribution in [1.29, 1.82) is 0 Å². The van der Waals surface area contributed by atoms with E-state index in [9.17, 15) is 9.90 Å². The molecule has 0 spiro atoms. The van der Waals surface area contributed by atoms with Crippen molar-refractivity contribution >= 4 is 28.1 Å². The molecule has 5 heteroatoms. The van der Waals surface area contributed by atoms with Crippen LogP contribution in [0.4, 0.5) is 0 Å². The minimum atomic E-state index is -0.838. The van der Waals surface area contributed by atoms with Gasteiger partial charge in [0.2, 0.25) is 5.91 Å². The highest BCUT2D eigenvalue weighted by molar-refractivity contribution is 9.10. The Labute approximate surface area is 127 Å². The zero-order valence-corrected chi connectivity index (χ0v) is 12.9. The highest BCUT2D eigenvalue weighted by Gasteiger charge is 2.31. The Morgan fingerprint density at radius 1 is 1.30 bits per heavy atom. The Kier molecular flexibility index (Phi) is 5.31. The third-order valence-corrected chi connectivity index (χ3v) is 4.08. The van der Waals surface area contributed by atoms with Crippen LogP contribution in [0.15, 0.2) is 33.8 Å². The summed E-state index contributed by atoms with van der Waals surface area (Å²) in [6.07, 6.45) is 6.26. The molecular weight excluding hydrogens is 320 g/mol. The number of benzene rings is 1. The first kappa shape index (κ1) is 15.2. The molecule has 0 heterocycles. The second-order valence-corrected chi connectivity index (χ2v) is 6.22. The Hall–Kier alpha value is -1.20. The molecule has 2 N–H and O–H groups in total. The van der Waals surface area contributed by atoms with Gasteiger partial charge >= 0.3 is 0 Å². The van der Waals surface area contributed by atoms with Gasteiger partial charge in [-0.3, -0.25) is 4.79 Å². The third kappa shape index (κ3) is 4.72. The van der Waals surface area contributed by atoms with Crippen LogP contribution >= 0.6 is 15.9 Å². The zero-order chi connectivity index (χ0) is 14.4. The van der Waals surface area contributed by atoms with Crippen molar-refractivity contribution in [3.8, 4) is 0 Å². The quantitative estimate of drug-likeness (QED) is 0.654. The number of hydrogen-bond donors (Lipinski definition) is 2. The van der Waals surface area contributed by atoms with Crippen molar-refractivity contribution < 1.29 is 9.90 Å². The number of carbonyl (C=O) groups excluding carboxylic acids is 1. The van der Waals surface area contributed by atoms with Crippen molar-refractivity contribution in [2.45, 2.75) is 44.1 Å². The number of halogens is 1. The fourth-order valence-electron chi connectivity index (χ4n) is 2.45. The predicted octanol–water partition coefficient (Wildman–Crippen LogP) is 2.98. The Morgan fingerprint density at radius 3 is 2.60 bits per heavy atom. The van der Waals surface area contributed by atoms with Gasteiger partial charge in [0.25, 0.3) is 0 Å². The van der Waals surface area contributed by atoms with Crippen LogP contribution in [0.3, 0.4) is 0 Å². The maximum absolute atomic E-state index is 11.8. The second-order valence-electron chi connectivity index (χ2n) is 5.31. The Bertz CT molecular complexity index is 479. The molecule has 0 aromatic heterocycles. The normalized spacial score (nSPS) is 18.1. The van der Waals surface area contributed by atoms with E-state index >= 15 is 0 Å². The number of nitrogens with one attached hydrogen (secondary N) is 1. The van der Waals surface area contributed by atoms with Crippen molar-refractivity contribution in [1.82, 2.24) is 5.43 Å². The first-order valence-corrected chi connectivity index (χ1v) is 7.67. The fraction of sp³-hybridized carbons (Fsp3) is 0.467.